The molecule has 0 aromatic rings. The molecule has 0 amide bonds. The van der Waals surface area contributed by atoms with Gasteiger partial charge in [-0.1, -0.05) is 13.3 Å². The fraction of sp³-hybridized carbons (Fsp3) is 0.750. The minimum Gasteiger partial charge on any atom is -0.393 e. The predicted octanol–water partition coefficient (Wildman–Crippen LogP) is 1.27. The molecule has 1 saturated heterocycles. The molecule has 0 bridgehead atoms. The number of rotatable bonds is 2. The monoisotopic (exact) mass is 156 g/mol. The summed E-state index contributed by atoms with van der Waals surface area (Å²) >= 11 is 0. The number of carbonyl (C=O) groups excluding carboxylic acids is 2. The van der Waals surface area contributed by atoms with E-state index in [1.54, 1.807) is 0 Å². The predicted molar refractivity (Wildman–Crippen MR) is 38.7 cm³/mol. The van der Waals surface area contributed by atoms with Crippen molar-refractivity contribution < 1.29 is 14.3 Å². The summed E-state index contributed by atoms with van der Waals surface area (Å²) in [4.78, 5) is 21.4. The second-order valence-corrected chi connectivity index (χ2v) is 2.91. The molecule has 1 aliphatic heterocycles. The van der Waals surface area contributed by atoms with E-state index in [0.29, 0.717) is 12.8 Å². The Labute approximate surface area is 65.7 Å². The lowest BCUT2D eigenvalue weighted by molar-refractivity contribution is -0.165. The molecule has 3 heteroatoms. The van der Waals surface area contributed by atoms with Crippen LogP contribution in [0.25, 0.3) is 0 Å². The Hall–Kier alpha value is -0.860. The molecule has 0 aromatic heterocycles. The standard InChI is InChI=1S/C8H12O3/c1-2-3-6-4-7(9)11-8(10)5-6/h6H,2-5H2,1H3. The van der Waals surface area contributed by atoms with Gasteiger partial charge in [0.2, 0.25) is 0 Å². The van der Waals surface area contributed by atoms with Crippen LogP contribution in [-0.4, -0.2) is 11.9 Å². The zero-order chi connectivity index (χ0) is 8.27. The summed E-state index contributed by atoms with van der Waals surface area (Å²) in [5.41, 5.74) is 0. The molecule has 0 radical (unpaired) electrons. The minimum absolute atomic E-state index is 0.230. The van der Waals surface area contributed by atoms with Crippen molar-refractivity contribution in [2.75, 3.05) is 0 Å². The van der Waals surface area contributed by atoms with Gasteiger partial charge in [-0.15, -0.1) is 0 Å². The minimum atomic E-state index is -0.361. The van der Waals surface area contributed by atoms with E-state index in [0.717, 1.165) is 12.8 Å². The van der Waals surface area contributed by atoms with Gasteiger partial charge in [-0.05, 0) is 12.3 Å². The lowest BCUT2D eigenvalue weighted by Gasteiger charge is -2.18. The Morgan fingerprint density at radius 3 is 2.36 bits per heavy atom. The van der Waals surface area contributed by atoms with Crippen molar-refractivity contribution in [1.82, 2.24) is 0 Å². The van der Waals surface area contributed by atoms with Crippen LogP contribution in [0.15, 0.2) is 0 Å². The highest BCUT2D eigenvalue weighted by Crippen LogP contribution is 2.21. The zero-order valence-electron chi connectivity index (χ0n) is 6.63. The molecule has 0 unspecified atom stereocenters. The molecule has 0 atom stereocenters. The van der Waals surface area contributed by atoms with E-state index < -0.39 is 0 Å². The third-order valence-corrected chi connectivity index (χ3v) is 1.84. The van der Waals surface area contributed by atoms with Crippen LogP contribution in [0.3, 0.4) is 0 Å². The molecule has 0 saturated carbocycles. The van der Waals surface area contributed by atoms with E-state index in [-0.39, 0.29) is 17.9 Å². The molecule has 1 heterocycles. The van der Waals surface area contributed by atoms with Crippen molar-refractivity contribution in [2.45, 2.75) is 32.6 Å². The van der Waals surface area contributed by atoms with Crippen molar-refractivity contribution in [1.29, 1.82) is 0 Å². The highest BCUT2D eigenvalue weighted by molar-refractivity contribution is 5.88. The smallest absolute Gasteiger partial charge is 0.313 e. The maximum atomic E-state index is 10.7. The molecule has 1 rings (SSSR count). The quantitative estimate of drug-likeness (QED) is 0.446. The molecular formula is C8H12O3. The summed E-state index contributed by atoms with van der Waals surface area (Å²) in [5.74, 6) is -0.492. The molecule has 0 spiro atoms. The Kier molecular flexibility index (Phi) is 2.63. The Bertz CT molecular complexity index is 158. The van der Waals surface area contributed by atoms with Gasteiger partial charge in [-0.2, -0.15) is 0 Å². The van der Waals surface area contributed by atoms with Gasteiger partial charge < -0.3 is 4.74 Å². The number of hydrogen-bond donors (Lipinski definition) is 0. The number of cyclic esters (lactones) is 2. The molecule has 0 N–H and O–H groups in total. The van der Waals surface area contributed by atoms with Crippen LogP contribution in [0.4, 0.5) is 0 Å². The topological polar surface area (TPSA) is 43.4 Å². The van der Waals surface area contributed by atoms with Crippen LogP contribution in [0, 0.1) is 5.92 Å². The van der Waals surface area contributed by atoms with E-state index in [9.17, 15) is 9.59 Å². The number of esters is 2. The van der Waals surface area contributed by atoms with Crippen LogP contribution in [0.5, 0.6) is 0 Å². The van der Waals surface area contributed by atoms with Gasteiger partial charge in [-0.25, -0.2) is 0 Å². The second kappa shape index (κ2) is 3.51. The largest absolute Gasteiger partial charge is 0.393 e. The lowest BCUT2D eigenvalue weighted by Crippen LogP contribution is -2.25. The highest BCUT2D eigenvalue weighted by Gasteiger charge is 2.25. The molecular weight excluding hydrogens is 144 g/mol. The van der Waals surface area contributed by atoms with Crippen molar-refractivity contribution in [2.24, 2.45) is 5.92 Å². The fourth-order valence-corrected chi connectivity index (χ4v) is 1.37. The average molecular weight is 156 g/mol. The maximum Gasteiger partial charge on any atom is 0.313 e. The van der Waals surface area contributed by atoms with E-state index in [2.05, 4.69) is 4.74 Å². The number of hydrogen-bond acceptors (Lipinski definition) is 3. The molecule has 0 aromatic carbocycles. The van der Waals surface area contributed by atoms with Gasteiger partial charge in [0.05, 0.1) is 0 Å². The Balaban J connectivity index is 2.43. The molecule has 62 valence electrons. The third kappa shape index (κ3) is 2.33. The van der Waals surface area contributed by atoms with Crippen molar-refractivity contribution >= 4 is 11.9 Å². The summed E-state index contributed by atoms with van der Waals surface area (Å²) < 4.78 is 4.38. The van der Waals surface area contributed by atoms with Gasteiger partial charge in [0, 0.05) is 12.8 Å². The van der Waals surface area contributed by atoms with E-state index in [1.165, 1.54) is 0 Å². The average Bonchev–Trinajstić information content (AvgIpc) is 1.85. The molecule has 1 fully saturated rings. The van der Waals surface area contributed by atoms with E-state index >= 15 is 0 Å². The van der Waals surface area contributed by atoms with Gasteiger partial charge >= 0.3 is 11.9 Å². The SMILES string of the molecule is CCCC1CC(=O)OC(=O)C1. The number of ether oxygens (including phenoxy) is 1. The van der Waals surface area contributed by atoms with Crippen molar-refractivity contribution in [3.05, 3.63) is 0 Å². The summed E-state index contributed by atoms with van der Waals surface area (Å²) in [5, 5.41) is 0. The first-order valence-electron chi connectivity index (χ1n) is 3.96. The van der Waals surface area contributed by atoms with E-state index in [1.807, 2.05) is 6.92 Å². The van der Waals surface area contributed by atoms with Crippen molar-refractivity contribution in [3.63, 3.8) is 0 Å². The first-order valence-corrected chi connectivity index (χ1v) is 3.96. The van der Waals surface area contributed by atoms with Gasteiger partial charge in [0.25, 0.3) is 0 Å². The summed E-state index contributed by atoms with van der Waals surface area (Å²) in [6, 6.07) is 0. The zero-order valence-corrected chi connectivity index (χ0v) is 6.63. The van der Waals surface area contributed by atoms with Crippen LogP contribution >= 0.6 is 0 Å². The van der Waals surface area contributed by atoms with Gasteiger partial charge in [0.1, 0.15) is 0 Å². The van der Waals surface area contributed by atoms with Gasteiger partial charge in [-0.3, -0.25) is 9.59 Å². The lowest BCUT2D eigenvalue weighted by atomic mass is 9.95. The Morgan fingerprint density at radius 2 is 1.91 bits per heavy atom. The second-order valence-electron chi connectivity index (χ2n) is 2.91. The summed E-state index contributed by atoms with van der Waals surface area (Å²) in [7, 11) is 0. The molecule has 3 nitrogen and oxygen atoms in total. The molecule has 1 aliphatic rings. The summed E-state index contributed by atoms with van der Waals surface area (Å²) in [6.07, 6.45) is 2.80. The highest BCUT2D eigenvalue weighted by atomic mass is 16.6. The van der Waals surface area contributed by atoms with Crippen LogP contribution in [0.1, 0.15) is 32.6 Å². The first-order chi connectivity index (χ1) is 5.22. The Morgan fingerprint density at radius 1 is 1.36 bits per heavy atom. The van der Waals surface area contributed by atoms with E-state index in [4.69, 9.17) is 0 Å². The summed E-state index contributed by atoms with van der Waals surface area (Å²) in [6.45, 7) is 2.05. The number of carbonyl (C=O) groups is 2. The van der Waals surface area contributed by atoms with Crippen LogP contribution in [-0.2, 0) is 14.3 Å². The molecule has 11 heavy (non-hydrogen) atoms. The maximum absolute atomic E-state index is 10.7. The molecule has 0 aliphatic carbocycles. The van der Waals surface area contributed by atoms with Crippen LogP contribution < -0.4 is 0 Å². The third-order valence-electron chi connectivity index (χ3n) is 1.84. The van der Waals surface area contributed by atoms with Crippen LogP contribution in [0.2, 0.25) is 0 Å². The van der Waals surface area contributed by atoms with Crippen molar-refractivity contribution in [3.8, 4) is 0 Å². The fourth-order valence-electron chi connectivity index (χ4n) is 1.37. The first kappa shape index (κ1) is 8.24. The normalized spacial score (nSPS) is 20.1. The van der Waals surface area contributed by atoms with Gasteiger partial charge in [0.15, 0.2) is 0 Å².